The van der Waals surface area contributed by atoms with Crippen molar-refractivity contribution in [2.45, 2.75) is 43.6 Å². The number of aromatic nitrogens is 3. The lowest BCUT2D eigenvalue weighted by Gasteiger charge is -2.31. The maximum Gasteiger partial charge on any atom is 0.329 e. The summed E-state index contributed by atoms with van der Waals surface area (Å²) in [6.07, 6.45) is 6.06. The van der Waals surface area contributed by atoms with Gasteiger partial charge in [0.15, 0.2) is 16.3 Å². The number of aliphatic imine (C=N–C) groups is 1. The Morgan fingerprint density at radius 3 is 2.66 bits per heavy atom. The van der Waals surface area contributed by atoms with Gasteiger partial charge in [0.25, 0.3) is 5.91 Å². The minimum atomic E-state index is -0.924. The summed E-state index contributed by atoms with van der Waals surface area (Å²) >= 11 is 2.97. The van der Waals surface area contributed by atoms with E-state index in [0.29, 0.717) is 43.2 Å². The molecule has 0 bridgehead atoms. The number of para-hydroxylation sites is 1. The van der Waals surface area contributed by atoms with Crippen molar-refractivity contribution in [3.63, 3.8) is 0 Å². The number of amidine groups is 1. The van der Waals surface area contributed by atoms with Crippen LogP contribution in [0, 0.1) is 0 Å². The predicted octanol–water partition coefficient (Wildman–Crippen LogP) is 5.89. The fourth-order valence-electron chi connectivity index (χ4n) is 6.99. The molecular formula is C39H41N7O5S2. The van der Waals surface area contributed by atoms with Gasteiger partial charge in [0.1, 0.15) is 5.75 Å². The van der Waals surface area contributed by atoms with E-state index >= 15 is 0 Å². The lowest BCUT2D eigenvalue weighted by Crippen LogP contribution is -2.38. The maximum atomic E-state index is 13.5. The summed E-state index contributed by atoms with van der Waals surface area (Å²) in [5.74, 6) is -0.355. The van der Waals surface area contributed by atoms with Gasteiger partial charge in [0, 0.05) is 55.3 Å². The number of ether oxygens (including phenoxy) is 2. The quantitative estimate of drug-likeness (QED) is 0.149. The van der Waals surface area contributed by atoms with Crippen LogP contribution in [-0.4, -0.2) is 104 Å². The number of anilines is 1. The molecule has 3 aromatic carbocycles. The highest BCUT2D eigenvalue weighted by Gasteiger charge is 2.38. The number of carbonyl (C=O) groups excluding carboxylic acids is 1. The minimum Gasteiger partial charge on any atom is -0.494 e. The summed E-state index contributed by atoms with van der Waals surface area (Å²) < 4.78 is 14.5. The first-order valence-electron chi connectivity index (χ1n) is 18.0. The highest BCUT2D eigenvalue weighted by atomic mass is 32.2. The van der Waals surface area contributed by atoms with Gasteiger partial charge in [-0.1, -0.05) is 59.5 Å². The van der Waals surface area contributed by atoms with Crippen molar-refractivity contribution < 1.29 is 24.2 Å². The molecule has 5 aromatic rings. The van der Waals surface area contributed by atoms with Crippen LogP contribution in [0.15, 0.2) is 84.1 Å². The first kappa shape index (κ1) is 35.3. The molecule has 0 radical (unpaired) electrons. The zero-order valence-corrected chi connectivity index (χ0v) is 30.9. The van der Waals surface area contributed by atoms with Gasteiger partial charge in [-0.25, -0.2) is 14.8 Å². The Morgan fingerprint density at radius 2 is 1.83 bits per heavy atom. The average Bonchev–Trinajstić information content (AvgIpc) is 3.95. The Hall–Kier alpha value is -4.76. The van der Waals surface area contributed by atoms with Crippen molar-refractivity contribution in [2.24, 2.45) is 4.99 Å². The number of aliphatic carboxylic acids is 1. The van der Waals surface area contributed by atoms with Gasteiger partial charge in [-0.2, -0.15) is 5.10 Å². The molecule has 274 valence electrons. The van der Waals surface area contributed by atoms with Crippen molar-refractivity contribution >= 4 is 55.5 Å². The monoisotopic (exact) mass is 751 g/mol. The number of hydrogen-bond donors (Lipinski definition) is 2. The number of amides is 1. The van der Waals surface area contributed by atoms with E-state index in [2.05, 4.69) is 42.5 Å². The van der Waals surface area contributed by atoms with E-state index in [1.807, 2.05) is 71.5 Å². The normalized spacial score (nSPS) is 18.9. The van der Waals surface area contributed by atoms with Gasteiger partial charge in [-0.05, 0) is 66.3 Å². The number of nitrogens with zero attached hydrogens (tertiary/aromatic N) is 6. The Kier molecular flexibility index (Phi) is 10.7. The van der Waals surface area contributed by atoms with Crippen molar-refractivity contribution in [1.29, 1.82) is 0 Å². The van der Waals surface area contributed by atoms with Crippen molar-refractivity contribution in [2.75, 3.05) is 51.3 Å². The number of fused-ring (bicyclic) bond motifs is 2. The molecule has 1 amide bonds. The molecule has 3 aliphatic heterocycles. The molecule has 8 rings (SSSR count). The zero-order valence-electron chi connectivity index (χ0n) is 29.2. The summed E-state index contributed by atoms with van der Waals surface area (Å²) in [4.78, 5) is 39.5. The molecule has 2 unspecified atom stereocenters. The Morgan fingerprint density at radius 1 is 0.981 bits per heavy atom. The molecule has 3 aliphatic rings. The SMILES string of the molecule is O=C(Nc1nc2ccccc2s1)c1cccc2c1CN(C1=NC(C(=O)O)C(CCCOc3ccc(-c4cnn(CCN5CCOCC5)c4)cc3)S1)CC2. The smallest absolute Gasteiger partial charge is 0.329 e. The fourth-order valence-corrected chi connectivity index (χ4v) is 9.19. The number of nitrogens with one attached hydrogen (secondary N) is 1. The van der Waals surface area contributed by atoms with Crippen LogP contribution in [0.2, 0.25) is 0 Å². The van der Waals surface area contributed by atoms with Crippen molar-refractivity contribution in [3.8, 4) is 16.9 Å². The number of rotatable bonds is 12. The topological polar surface area (TPSA) is 134 Å². The number of hydrogen-bond acceptors (Lipinski definition) is 11. The predicted molar refractivity (Wildman–Crippen MR) is 208 cm³/mol. The summed E-state index contributed by atoms with van der Waals surface area (Å²) in [6, 6.07) is 20.8. The number of carbonyl (C=O) groups is 2. The van der Waals surface area contributed by atoms with Crippen LogP contribution in [0.3, 0.4) is 0 Å². The van der Waals surface area contributed by atoms with E-state index in [-0.39, 0.29) is 11.2 Å². The molecule has 14 heteroatoms. The lowest BCUT2D eigenvalue weighted by molar-refractivity contribution is -0.138. The average molecular weight is 752 g/mol. The minimum absolute atomic E-state index is 0.202. The highest BCUT2D eigenvalue weighted by molar-refractivity contribution is 8.14. The number of morpholine rings is 1. The van der Waals surface area contributed by atoms with Crippen LogP contribution in [0.4, 0.5) is 5.13 Å². The Labute approximate surface area is 315 Å². The third kappa shape index (κ3) is 8.25. The van der Waals surface area contributed by atoms with E-state index in [9.17, 15) is 14.7 Å². The van der Waals surface area contributed by atoms with Gasteiger partial charge in [-0.15, -0.1) is 0 Å². The number of thiazole rings is 1. The van der Waals surface area contributed by atoms with Crippen LogP contribution in [0.1, 0.15) is 34.3 Å². The molecule has 0 aliphatic carbocycles. The van der Waals surface area contributed by atoms with Gasteiger partial charge >= 0.3 is 5.97 Å². The first-order chi connectivity index (χ1) is 26.0. The van der Waals surface area contributed by atoms with Gasteiger partial charge in [-0.3, -0.25) is 19.7 Å². The second-order valence-electron chi connectivity index (χ2n) is 13.4. The van der Waals surface area contributed by atoms with Crippen molar-refractivity contribution in [1.82, 2.24) is 24.6 Å². The van der Waals surface area contributed by atoms with E-state index < -0.39 is 12.0 Å². The maximum absolute atomic E-state index is 13.5. The van der Waals surface area contributed by atoms with Crippen LogP contribution < -0.4 is 10.1 Å². The summed E-state index contributed by atoms with van der Waals surface area (Å²) in [5.41, 5.74) is 5.65. The summed E-state index contributed by atoms with van der Waals surface area (Å²) in [5, 5.41) is 18.7. The van der Waals surface area contributed by atoms with E-state index in [0.717, 1.165) is 89.2 Å². The van der Waals surface area contributed by atoms with Crippen LogP contribution >= 0.6 is 23.1 Å². The lowest BCUT2D eigenvalue weighted by atomic mass is 9.94. The number of thioether (sulfide) groups is 1. The van der Waals surface area contributed by atoms with E-state index in [1.54, 1.807) is 0 Å². The molecule has 2 aromatic heterocycles. The molecule has 2 N–H and O–H groups in total. The van der Waals surface area contributed by atoms with Crippen LogP contribution in [-0.2, 0) is 29.0 Å². The summed E-state index contributed by atoms with van der Waals surface area (Å²) in [7, 11) is 0. The second kappa shape index (κ2) is 16.1. The third-order valence-corrected chi connectivity index (χ3v) is 12.2. The first-order valence-corrected chi connectivity index (χ1v) is 19.7. The molecular weight excluding hydrogens is 711 g/mol. The third-order valence-electron chi connectivity index (χ3n) is 9.89. The Bertz CT molecular complexity index is 2080. The molecule has 1 saturated heterocycles. The van der Waals surface area contributed by atoms with E-state index in [4.69, 9.17) is 9.47 Å². The van der Waals surface area contributed by atoms with Gasteiger partial charge in [0.2, 0.25) is 0 Å². The largest absolute Gasteiger partial charge is 0.494 e. The fraction of sp³-hybridized carbons (Fsp3) is 0.359. The van der Waals surface area contributed by atoms with Crippen LogP contribution in [0.5, 0.6) is 5.75 Å². The zero-order chi connectivity index (χ0) is 36.1. The second-order valence-corrected chi connectivity index (χ2v) is 15.6. The molecule has 0 saturated carbocycles. The molecule has 1 fully saturated rings. The van der Waals surface area contributed by atoms with Crippen molar-refractivity contribution in [3.05, 3.63) is 95.8 Å². The van der Waals surface area contributed by atoms with Crippen LogP contribution in [0.25, 0.3) is 21.3 Å². The number of carboxylic acid groups (broad SMARTS) is 1. The highest BCUT2D eigenvalue weighted by Crippen LogP contribution is 2.35. The molecule has 12 nitrogen and oxygen atoms in total. The van der Waals surface area contributed by atoms with Gasteiger partial charge < -0.3 is 19.5 Å². The van der Waals surface area contributed by atoms with E-state index in [1.165, 1.54) is 23.1 Å². The molecule has 5 heterocycles. The molecule has 53 heavy (non-hydrogen) atoms. The summed E-state index contributed by atoms with van der Waals surface area (Å²) in [6.45, 7) is 6.98. The molecule has 2 atom stereocenters. The standard InChI is InChI=1S/C39H41N7O5S2/c47-36(43-38-41-32-7-1-2-8-33(32)52-38)30-6-3-5-27-14-15-45(25-31(27)30)39-42-35(37(48)49)34(53-39)9-4-20-51-29-12-10-26(11-13-29)28-23-40-46(24-28)17-16-44-18-21-50-22-19-44/h1-3,5-8,10-13,23-24,34-35H,4,9,14-22,25H2,(H,48,49)(H,41,43,47). The van der Waals surface area contributed by atoms with Gasteiger partial charge in [0.05, 0.1) is 42.8 Å². The Balaban J connectivity index is 0.831. The number of carboxylic acids is 1. The molecule has 0 spiro atoms. The number of benzene rings is 3.